The number of pyridine rings is 1. The van der Waals surface area contributed by atoms with Crippen LogP contribution in [0.25, 0.3) is 32.9 Å². The molecule has 1 aliphatic rings. The number of hydrogen-bond acceptors (Lipinski definition) is 2. The normalized spacial score (nSPS) is 15.3. The Hall–Kier alpha value is -2.62. The van der Waals surface area contributed by atoms with Gasteiger partial charge in [-0.15, -0.1) is 0 Å². The highest BCUT2D eigenvalue weighted by Crippen LogP contribution is 2.41. The van der Waals surface area contributed by atoms with Crippen LogP contribution in [-0.4, -0.2) is 19.7 Å². The van der Waals surface area contributed by atoms with Crippen LogP contribution >= 0.6 is 0 Å². The number of hydrogen-bond donors (Lipinski definition) is 1. The predicted molar refractivity (Wildman–Crippen MR) is 92.4 cm³/mol. The van der Waals surface area contributed by atoms with Crippen LogP contribution in [0.3, 0.4) is 0 Å². The maximum Gasteiger partial charge on any atom is 0.138 e. The molecule has 1 aromatic carbocycles. The van der Waals surface area contributed by atoms with E-state index < -0.39 is 0 Å². The molecule has 114 valence electrons. The van der Waals surface area contributed by atoms with Crippen LogP contribution in [0.1, 0.15) is 30.7 Å². The van der Waals surface area contributed by atoms with Gasteiger partial charge in [0.05, 0.1) is 6.20 Å². The molecule has 0 bridgehead atoms. The SMILES string of the molecule is Cn1cc(-c2ccc3cnc4[nH]cc(C5CCC5)c4c3c2)cn1. The van der Waals surface area contributed by atoms with Gasteiger partial charge in [-0.1, -0.05) is 18.6 Å². The number of H-pyrrole nitrogens is 1. The van der Waals surface area contributed by atoms with E-state index in [4.69, 9.17) is 0 Å². The Morgan fingerprint density at radius 1 is 1.17 bits per heavy atom. The molecule has 4 nitrogen and oxygen atoms in total. The van der Waals surface area contributed by atoms with Gasteiger partial charge in [-0.2, -0.15) is 5.10 Å². The highest BCUT2D eigenvalue weighted by Gasteiger charge is 2.23. The summed E-state index contributed by atoms with van der Waals surface area (Å²) >= 11 is 0. The molecular formula is C19H18N4. The summed E-state index contributed by atoms with van der Waals surface area (Å²) in [5, 5.41) is 8.09. The highest BCUT2D eigenvalue weighted by molar-refractivity contribution is 6.08. The lowest BCUT2D eigenvalue weighted by Gasteiger charge is -2.25. The third-order valence-corrected chi connectivity index (χ3v) is 5.13. The summed E-state index contributed by atoms with van der Waals surface area (Å²) in [4.78, 5) is 7.97. The molecular weight excluding hydrogens is 284 g/mol. The van der Waals surface area contributed by atoms with Crippen LogP contribution in [-0.2, 0) is 7.05 Å². The minimum atomic E-state index is 0.693. The van der Waals surface area contributed by atoms with E-state index in [1.807, 2.05) is 24.1 Å². The molecule has 1 aliphatic carbocycles. The van der Waals surface area contributed by atoms with Crippen molar-refractivity contribution >= 4 is 21.8 Å². The Balaban J connectivity index is 1.79. The molecule has 0 atom stereocenters. The third-order valence-electron chi connectivity index (χ3n) is 5.13. The summed E-state index contributed by atoms with van der Waals surface area (Å²) in [5.41, 5.74) is 4.80. The first kappa shape index (κ1) is 12.9. The Morgan fingerprint density at radius 2 is 2.09 bits per heavy atom. The molecule has 0 unspecified atom stereocenters. The molecule has 23 heavy (non-hydrogen) atoms. The Morgan fingerprint density at radius 3 is 2.83 bits per heavy atom. The average molecular weight is 302 g/mol. The fraction of sp³-hybridized carbons (Fsp3) is 0.263. The molecule has 1 saturated carbocycles. The topological polar surface area (TPSA) is 46.5 Å². The molecule has 0 spiro atoms. The largest absolute Gasteiger partial charge is 0.346 e. The molecule has 1 N–H and O–H groups in total. The van der Waals surface area contributed by atoms with Crippen LogP contribution in [0.5, 0.6) is 0 Å². The van der Waals surface area contributed by atoms with Crippen molar-refractivity contribution in [2.24, 2.45) is 7.05 Å². The van der Waals surface area contributed by atoms with Crippen LogP contribution < -0.4 is 0 Å². The second kappa shape index (κ2) is 4.69. The molecule has 5 rings (SSSR count). The standard InChI is InChI=1S/C19H18N4/c1-23-11-15(9-22-23)13-5-6-14-8-20-19-18(16(14)7-13)17(10-21-19)12-3-2-4-12/h5-12H,2-4H2,1H3,(H,20,21). The van der Waals surface area contributed by atoms with E-state index in [9.17, 15) is 0 Å². The lowest BCUT2D eigenvalue weighted by atomic mass is 9.79. The molecule has 0 aliphatic heterocycles. The summed E-state index contributed by atoms with van der Waals surface area (Å²) < 4.78 is 1.84. The Labute approximate surface area is 134 Å². The zero-order chi connectivity index (χ0) is 15.4. The van der Waals surface area contributed by atoms with Gasteiger partial charge in [0.1, 0.15) is 5.65 Å². The number of nitrogens with one attached hydrogen (secondary N) is 1. The first-order valence-electron chi connectivity index (χ1n) is 8.18. The molecule has 3 aromatic heterocycles. The van der Waals surface area contributed by atoms with Crippen LogP contribution in [0.2, 0.25) is 0 Å². The zero-order valence-corrected chi connectivity index (χ0v) is 13.1. The quantitative estimate of drug-likeness (QED) is 0.597. The molecule has 0 radical (unpaired) electrons. The van der Waals surface area contributed by atoms with Crippen LogP contribution in [0, 0.1) is 0 Å². The summed E-state index contributed by atoms with van der Waals surface area (Å²) in [7, 11) is 1.95. The first-order chi connectivity index (χ1) is 11.3. The fourth-order valence-corrected chi connectivity index (χ4v) is 3.62. The molecule has 4 heteroatoms. The number of nitrogens with zero attached hydrogens (tertiary/aromatic N) is 3. The summed E-state index contributed by atoms with van der Waals surface area (Å²) in [6, 6.07) is 6.61. The van der Waals surface area contributed by atoms with E-state index in [1.165, 1.54) is 46.5 Å². The van der Waals surface area contributed by atoms with E-state index in [1.54, 1.807) is 0 Å². The van der Waals surface area contributed by atoms with Crippen molar-refractivity contribution < 1.29 is 0 Å². The van der Waals surface area contributed by atoms with E-state index in [0.717, 1.165) is 11.2 Å². The molecule has 3 heterocycles. The lowest BCUT2D eigenvalue weighted by Crippen LogP contribution is -2.07. The number of fused-ring (bicyclic) bond motifs is 3. The maximum absolute atomic E-state index is 4.61. The Bertz CT molecular complexity index is 1020. The maximum atomic E-state index is 4.61. The minimum Gasteiger partial charge on any atom is -0.346 e. The van der Waals surface area contributed by atoms with Crippen molar-refractivity contribution in [2.45, 2.75) is 25.2 Å². The molecule has 0 saturated heterocycles. The number of aryl methyl sites for hydroxylation is 1. The summed E-state index contributed by atoms with van der Waals surface area (Å²) in [6.07, 6.45) is 12.0. The summed E-state index contributed by atoms with van der Waals surface area (Å²) in [6.45, 7) is 0. The number of benzene rings is 1. The van der Waals surface area contributed by atoms with E-state index in [-0.39, 0.29) is 0 Å². The minimum absolute atomic E-state index is 0.693. The molecule has 0 amide bonds. The highest BCUT2D eigenvalue weighted by atomic mass is 15.2. The Kier molecular flexibility index (Phi) is 2.62. The predicted octanol–water partition coefficient (Wildman–Crippen LogP) is 4.38. The van der Waals surface area contributed by atoms with Gasteiger partial charge in [0.15, 0.2) is 0 Å². The van der Waals surface area contributed by atoms with Gasteiger partial charge >= 0.3 is 0 Å². The second-order valence-corrected chi connectivity index (χ2v) is 6.56. The average Bonchev–Trinajstić information content (AvgIpc) is 3.12. The van der Waals surface area contributed by atoms with Crippen molar-refractivity contribution in [3.63, 3.8) is 0 Å². The first-order valence-corrected chi connectivity index (χ1v) is 8.18. The summed E-state index contributed by atoms with van der Waals surface area (Å²) in [5.74, 6) is 0.693. The van der Waals surface area contributed by atoms with Crippen molar-refractivity contribution in [3.8, 4) is 11.1 Å². The monoisotopic (exact) mass is 302 g/mol. The molecule has 1 fully saturated rings. The van der Waals surface area contributed by atoms with Crippen molar-refractivity contribution in [1.29, 1.82) is 0 Å². The van der Waals surface area contributed by atoms with Gasteiger partial charge in [0, 0.05) is 42.0 Å². The van der Waals surface area contributed by atoms with Crippen LogP contribution in [0.4, 0.5) is 0 Å². The van der Waals surface area contributed by atoms with E-state index >= 15 is 0 Å². The van der Waals surface area contributed by atoms with Crippen molar-refractivity contribution in [3.05, 3.63) is 48.5 Å². The van der Waals surface area contributed by atoms with E-state index in [0.29, 0.717) is 5.92 Å². The lowest BCUT2D eigenvalue weighted by molar-refractivity contribution is 0.422. The van der Waals surface area contributed by atoms with Gasteiger partial charge in [0.25, 0.3) is 0 Å². The second-order valence-electron chi connectivity index (χ2n) is 6.56. The zero-order valence-electron chi connectivity index (χ0n) is 13.1. The van der Waals surface area contributed by atoms with Crippen LogP contribution in [0.15, 0.2) is 43.0 Å². The third kappa shape index (κ3) is 1.91. The smallest absolute Gasteiger partial charge is 0.138 e. The van der Waals surface area contributed by atoms with Gasteiger partial charge in [0.2, 0.25) is 0 Å². The van der Waals surface area contributed by atoms with Gasteiger partial charge in [-0.3, -0.25) is 4.68 Å². The number of aromatic nitrogens is 4. The van der Waals surface area contributed by atoms with Crippen molar-refractivity contribution in [1.82, 2.24) is 19.7 Å². The fourth-order valence-electron chi connectivity index (χ4n) is 3.62. The van der Waals surface area contributed by atoms with Gasteiger partial charge in [-0.25, -0.2) is 4.98 Å². The van der Waals surface area contributed by atoms with E-state index in [2.05, 4.69) is 45.7 Å². The number of aromatic amines is 1. The van der Waals surface area contributed by atoms with Gasteiger partial charge in [-0.05, 0) is 41.3 Å². The van der Waals surface area contributed by atoms with Crippen molar-refractivity contribution in [2.75, 3.05) is 0 Å². The molecule has 4 aromatic rings. The number of rotatable bonds is 2. The van der Waals surface area contributed by atoms with Gasteiger partial charge < -0.3 is 4.98 Å².